The predicted octanol–water partition coefficient (Wildman–Crippen LogP) is 2.62. The molecule has 1 aliphatic carbocycles. The highest BCUT2D eigenvalue weighted by molar-refractivity contribution is 5.75. The largest absolute Gasteiger partial charge is 0.444 e. The molecule has 0 spiro atoms. The summed E-state index contributed by atoms with van der Waals surface area (Å²) in [4.78, 5) is 22.5. The number of ether oxygens (including phenoxy) is 1. The first kappa shape index (κ1) is 18.7. The molecule has 0 aromatic rings. The van der Waals surface area contributed by atoms with E-state index in [2.05, 4.69) is 10.7 Å². The molecule has 0 heterocycles. The Morgan fingerprint density at radius 2 is 1.77 bits per heavy atom. The van der Waals surface area contributed by atoms with Gasteiger partial charge in [-0.1, -0.05) is 25.7 Å². The standard InChI is InChI=1S/C16H31N3O3/c1-16(2,3)22-15(21)18-13-10-12(11-13)8-6-4-5-7-9-14(20)19-17/h12-13H,4-11,17H2,1-3H3,(H,18,21)(H,19,20). The summed E-state index contributed by atoms with van der Waals surface area (Å²) < 4.78 is 5.24. The van der Waals surface area contributed by atoms with Crippen LogP contribution >= 0.6 is 0 Å². The van der Waals surface area contributed by atoms with E-state index in [1.54, 1.807) is 0 Å². The minimum absolute atomic E-state index is 0.0879. The molecule has 0 aromatic heterocycles. The Morgan fingerprint density at radius 3 is 2.36 bits per heavy atom. The first-order valence-corrected chi connectivity index (χ1v) is 8.29. The second-order valence-electron chi connectivity index (χ2n) is 7.20. The van der Waals surface area contributed by atoms with E-state index in [0.717, 1.165) is 32.1 Å². The summed E-state index contributed by atoms with van der Waals surface area (Å²) in [6, 6.07) is 0.271. The molecule has 6 nitrogen and oxygen atoms in total. The first-order chi connectivity index (χ1) is 10.3. The summed E-state index contributed by atoms with van der Waals surface area (Å²) in [6.07, 6.45) is 7.82. The van der Waals surface area contributed by atoms with Gasteiger partial charge in [-0.25, -0.2) is 10.6 Å². The fourth-order valence-electron chi connectivity index (χ4n) is 2.71. The molecule has 1 fully saturated rings. The van der Waals surface area contributed by atoms with Gasteiger partial charge in [0, 0.05) is 12.5 Å². The zero-order valence-electron chi connectivity index (χ0n) is 14.1. The van der Waals surface area contributed by atoms with Crippen LogP contribution in [-0.4, -0.2) is 23.6 Å². The molecule has 0 saturated heterocycles. The summed E-state index contributed by atoms with van der Waals surface area (Å²) in [5, 5.41) is 2.92. The Balaban J connectivity index is 1.95. The maximum absolute atomic E-state index is 11.6. The van der Waals surface area contributed by atoms with E-state index in [9.17, 15) is 9.59 Å². The molecule has 1 aliphatic rings. The molecule has 6 heteroatoms. The molecule has 0 unspecified atom stereocenters. The van der Waals surface area contributed by atoms with Crippen LogP contribution in [0.15, 0.2) is 0 Å². The summed E-state index contributed by atoms with van der Waals surface area (Å²) in [7, 11) is 0. The van der Waals surface area contributed by atoms with Crippen LogP contribution in [-0.2, 0) is 9.53 Å². The fraction of sp³-hybridized carbons (Fsp3) is 0.875. The number of alkyl carbamates (subject to hydrolysis) is 1. The maximum atomic E-state index is 11.6. The monoisotopic (exact) mass is 313 g/mol. The number of nitrogens with one attached hydrogen (secondary N) is 2. The van der Waals surface area contributed by atoms with E-state index in [4.69, 9.17) is 10.6 Å². The number of carbonyl (C=O) groups excluding carboxylic acids is 2. The van der Waals surface area contributed by atoms with Gasteiger partial charge in [-0.2, -0.15) is 0 Å². The number of hydrazine groups is 1. The first-order valence-electron chi connectivity index (χ1n) is 8.29. The van der Waals surface area contributed by atoms with Crippen molar-refractivity contribution in [2.45, 2.75) is 83.8 Å². The maximum Gasteiger partial charge on any atom is 0.407 e. The van der Waals surface area contributed by atoms with Crippen LogP contribution in [0.1, 0.15) is 72.1 Å². The fourth-order valence-corrected chi connectivity index (χ4v) is 2.71. The highest BCUT2D eigenvalue weighted by Crippen LogP contribution is 2.32. The third-order valence-corrected chi connectivity index (χ3v) is 3.88. The molecule has 0 aromatic carbocycles. The Morgan fingerprint density at radius 1 is 1.14 bits per heavy atom. The molecular weight excluding hydrogens is 282 g/mol. The zero-order chi connectivity index (χ0) is 16.6. The molecule has 0 atom stereocenters. The van der Waals surface area contributed by atoms with Crippen molar-refractivity contribution in [3.05, 3.63) is 0 Å². The Labute approximate surface area is 133 Å². The van der Waals surface area contributed by atoms with Crippen molar-refractivity contribution < 1.29 is 14.3 Å². The van der Waals surface area contributed by atoms with E-state index < -0.39 is 5.60 Å². The third-order valence-electron chi connectivity index (χ3n) is 3.88. The molecule has 22 heavy (non-hydrogen) atoms. The van der Waals surface area contributed by atoms with Crippen molar-refractivity contribution in [2.75, 3.05) is 0 Å². The van der Waals surface area contributed by atoms with E-state index in [1.165, 1.54) is 12.8 Å². The van der Waals surface area contributed by atoms with Crippen molar-refractivity contribution >= 4 is 12.0 Å². The van der Waals surface area contributed by atoms with Gasteiger partial charge in [0.25, 0.3) is 0 Å². The number of nitrogens with two attached hydrogens (primary N) is 1. The smallest absolute Gasteiger partial charge is 0.407 e. The Bertz CT molecular complexity index is 360. The minimum Gasteiger partial charge on any atom is -0.444 e. The lowest BCUT2D eigenvalue weighted by molar-refractivity contribution is -0.121. The van der Waals surface area contributed by atoms with Crippen molar-refractivity contribution in [3.8, 4) is 0 Å². The topological polar surface area (TPSA) is 93.4 Å². The van der Waals surface area contributed by atoms with Crippen LogP contribution in [0.3, 0.4) is 0 Å². The van der Waals surface area contributed by atoms with Gasteiger partial charge >= 0.3 is 6.09 Å². The quantitative estimate of drug-likeness (QED) is 0.278. The van der Waals surface area contributed by atoms with Gasteiger partial charge in [0.05, 0.1) is 0 Å². The van der Waals surface area contributed by atoms with Gasteiger partial charge in [0.15, 0.2) is 0 Å². The number of rotatable bonds is 8. The highest BCUT2D eigenvalue weighted by Gasteiger charge is 2.30. The average Bonchev–Trinajstić information content (AvgIpc) is 2.36. The third kappa shape index (κ3) is 8.22. The Hall–Kier alpha value is -1.30. The summed E-state index contributed by atoms with van der Waals surface area (Å²) in [5.74, 6) is 5.65. The molecule has 0 bridgehead atoms. The van der Waals surface area contributed by atoms with Crippen molar-refractivity contribution in [1.82, 2.24) is 10.7 Å². The van der Waals surface area contributed by atoms with Crippen molar-refractivity contribution in [3.63, 3.8) is 0 Å². The zero-order valence-corrected chi connectivity index (χ0v) is 14.1. The molecule has 1 saturated carbocycles. The van der Waals surface area contributed by atoms with Gasteiger partial charge in [-0.05, 0) is 46.0 Å². The van der Waals surface area contributed by atoms with Gasteiger partial charge in [-0.3, -0.25) is 10.2 Å². The molecule has 4 N–H and O–H groups in total. The van der Waals surface area contributed by atoms with Crippen LogP contribution in [0.2, 0.25) is 0 Å². The number of amides is 2. The molecule has 128 valence electrons. The van der Waals surface area contributed by atoms with Crippen LogP contribution < -0.4 is 16.6 Å². The number of carbonyl (C=O) groups is 2. The molecule has 1 rings (SSSR count). The van der Waals surface area contributed by atoms with Gasteiger partial charge in [0.2, 0.25) is 5.91 Å². The van der Waals surface area contributed by atoms with E-state index >= 15 is 0 Å². The lowest BCUT2D eigenvalue weighted by atomic mass is 9.77. The second kappa shape index (κ2) is 8.98. The van der Waals surface area contributed by atoms with E-state index in [-0.39, 0.29) is 18.0 Å². The predicted molar refractivity (Wildman–Crippen MR) is 85.9 cm³/mol. The van der Waals surface area contributed by atoms with E-state index in [1.807, 2.05) is 20.8 Å². The number of hydrogen-bond acceptors (Lipinski definition) is 4. The minimum atomic E-state index is -0.436. The molecular formula is C16H31N3O3. The molecule has 2 amide bonds. The van der Waals surface area contributed by atoms with E-state index in [0.29, 0.717) is 12.3 Å². The summed E-state index contributed by atoms with van der Waals surface area (Å²) >= 11 is 0. The van der Waals surface area contributed by atoms with Gasteiger partial charge in [0.1, 0.15) is 5.60 Å². The normalized spacial score (nSPS) is 20.9. The Kier molecular flexibility index (Phi) is 7.65. The lowest BCUT2D eigenvalue weighted by Gasteiger charge is -2.36. The number of hydrogen-bond donors (Lipinski definition) is 3. The highest BCUT2D eigenvalue weighted by atomic mass is 16.6. The summed E-state index contributed by atoms with van der Waals surface area (Å²) in [5.41, 5.74) is 1.71. The summed E-state index contributed by atoms with van der Waals surface area (Å²) in [6.45, 7) is 5.61. The van der Waals surface area contributed by atoms with Crippen molar-refractivity contribution in [2.24, 2.45) is 11.8 Å². The van der Waals surface area contributed by atoms with Crippen LogP contribution in [0.4, 0.5) is 4.79 Å². The molecule has 0 radical (unpaired) electrons. The molecule has 0 aliphatic heterocycles. The van der Waals surface area contributed by atoms with Crippen molar-refractivity contribution in [1.29, 1.82) is 0 Å². The van der Waals surface area contributed by atoms with Crippen LogP contribution in [0.25, 0.3) is 0 Å². The van der Waals surface area contributed by atoms with Gasteiger partial charge < -0.3 is 10.1 Å². The van der Waals surface area contributed by atoms with Gasteiger partial charge in [-0.15, -0.1) is 0 Å². The number of unbranched alkanes of at least 4 members (excludes halogenated alkanes) is 3. The van der Waals surface area contributed by atoms with Crippen LogP contribution in [0.5, 0.6) is 0 Å². The average molecular weight is 313 g/mol. The lowest BCUT2D eigenvalue weighted by Crippen LogP contribution is -2.46. The van der Waals surface area contributed by atoms with Crippen LogP contribution in [0, 0.1) is 5.92 Å². The second-order valence-corrected chi connectivity index (χ2v) is 7.20. The SMILES string of the molecule is CC(C)(C)OC(=O)NC1CC(CCCCCCC(=O)NN)C1.